The average Bonchev–Trinajstić information content (AvgIpc) is 3.47. The number of halogens is 1. The van der Waals surface area contributed by atoms with Crippen LogP contribution in [0.4, 0.5) is 0 Å². The molecule has 2 rings (SSSR count). The predicted molar refractivity (Wildman–Crippen MR) is 120 cm³/mol. The lowest BCUT2D eigenvalue weighted by Gasteiger charge is -2.25. The van der Waals surface area contributed by atoms with Gasteiger partial charge in [0.2, 0.25) is 0 Å². The van der Waals surface area contributed by atoms with Crippen molar-refractivity contribution in [2.45, 2.75) is 45.4 Å². The van der Waals surface area contributed by atoms with E-state index in [1.807, 2.05) is 25.2 Å². The molecule has 26 heavy (non-hydrogen) atoms. The molecule has 0 bridgehead atoms. The first-order chi connectivity index (χ1) is 12.1. The Labute approximate surface area is 176 Å². The van der Waals surface area contributed by atoms with E-state index in [0.29, 0.717) is 18.6 Å². The number of hydrogen-bond donors (Lipinski definition) is 2. The third-order valence-electron chi connectivity index (χ3n) is 4.74. The minimum Gasteiger partial charge on any atom is -0.376 e. The zero-order valence-electron chi connectivity index (χ0n) is 16.6. The highest BCUT2D eigenvalue weighted by molar-refractivity contribution is 14.0. The van der Waals surface area contributed by atoms with Crippen molar-refractivity contribution in [1.29, 1.82) is 0 Å². The molecule has 0 spiro atoms. The summed E-state index contributed by atoms with van der Waals surface area (Å²) < 4.78 is 5.80. The van der Waals surface area contributed by atoms with E-state index >= 15 is 0 Å². The second-order valence-electron chi connectivity index (χ2n) is 7.19. The van der Waals surface area contributed by atoms with E-state index in [-0.39, 0.29) is 24.0 Å². The summed E-state index contributed by atoms with van der Waals surface area (Å²) in [6.45, 7) is 7.61. The lowest BCUT2D eigenvalue weighted by atomic mass is 10.2. The number of rotatable bonds is 10. The molecule has 1 aromatic carbocycles. The maximum absolute atomic E-state index is 5.80. The summed E-state index contributed by atoms with van der Waals surface area (Å²) in [6.07, 6.45) is 2.68. The maximum atomic E-state index is 5.80. The molecule has 0 radical (unpaired) electrons. The molecule has 1 aliphatic rings. The molecule has 2 unspecified atom stereocenters. The van der Waals surface area contributed by atoms with Gasteiger partial charge in [-0.2, -0.15) is 0 Å². The molecular formula is C20H35IN4O. The Morgan fingerprint density at radius 3 is 2.46 bits per heavy atom. The molecule has 0 amide bonds. The number of ether oxygens (including phenoxy) is 1. The zero-order valence-corrected chi connectivity index (χ0v) is 18.9. The van der Waals surface area contributed by atoms with E-state index in [9.17, 15) is 0 Å². The van der Waals surface area contributed by atoms with E-state index < -0.39 is 0 Å². The monoisotopic (exact) mass is 474 g/mol. The molecule has 5 nitrogen and oxygen atoms in total. The van der Waals surface area contributed by atoms with Gasteiger partial charge in [0.25, 0.3) is 0 Å². The van der Waals surface area contributed by atoms with Gasteiger partial charge in [0, 0.05) is 32.2 Å². The Balaban J connectivity index is 0.00000338. The fourth-order valence-electron chi connectivity index (χ4n) is 2.73. The topological polar surface area (TPSA) is 48.9 Å². The Morgan fingerprint density at radius 1 is 1.19 bits per heavy atom. The van der Waals surface area contributed by atoms with Crippen LogP contribution in [0.25, 0.3) is 0 Å². The first-order valence-electron chi connectivity index (χ1n) is 9.38. The number of benzene rings is 1. The largest absolute Gasteiger partial charge is 0.376 e. The van der Waals surface area contributed by atoms with E-state index in [2.05, 4.69) is 53.6 Å². The summed E-state index contributed by atoms with van der Waals surface area (Å²) in [5, 5.41) is 6.82. The number of guanidine groups is 1. The van der Waals surface area contributed by atoms with Crippen molar-refractivity contribution in [3.05, 3.63) is 35.9 Å². The number of hydrogen-bond acceptors (Lipinski definition) is 3. The Kier molecular flexibility index (Phi) is 11.2. The van der Waals surface area contributed by atoms with E-state index in [1.165, 1.54) is 18.4 Å². The molecule has 0 aromatic heterocycles. The molecule has 1 fully saturated rings. The zero-order chi connectivity index (χ0) is 18.1. The fraction of sp³-hybridized carbons (Fsp3) is 0.650. The predicted octanol–water partition coefficient (Wildman–Crippen LogP) is 3.11. The van der Waals surface area contributed by atoms with E-state index in [0.717, 1.165) is 31.7 Å². The first kappa shape index (κ1) is 23.2. The van der Waals surface area contributed by atoms with Crippen LogP contribution >= 0.6 is 24.0 Å². The maximum Gasteiger partial charge on any atom is 0.191 e. The van der Waals surface area contributed by atoms with Crippen molar-refractivity contribution in [3.63, 3.8) is 0 Å². The van der Waals surface area contributed by atoms with Crippen molar-refractivity contribution in [1.82, 2.24) is 15.5 Å². The third kappa shape index (κ3) is 8.68. The van der Waals surface area contributed by atoms with Gasteiger partial charge in [-0.25, -0.2) is 0 Å². The lowest BCUT2D eigenvalue weighted by molar-refractivity contribution is 0.0931. The van der Waals surface area contributed by atoms with Gasteiger partial charge in [0.05, 0.1) is 13.2 Å². The van der Waals surface area contributed by atoms with Gasteiger partial charge in [0.15, 0.2) is 5.96 Å². The Morgan fingerprint density at radius 2 is 1.85 bits per heavy atom. The molecule has 2 N–H and O–H groups in total. The fourth-order valence-corrected chi connectivity index (χ4v) is 2.73. The van der Waals surface area contributed by atoms with Gasteiger partial charge in [-0.15, -0.1) is 24.0 Å². The van der Waals surface area contributed by atoms with Crippen molar-refractivity contribution in [2.24, 2.45) is 10.9 Å². The van der Waals surface area contributed by atoms with Crippen LogP contribution in [-0.2, 0) is 11.3 Å². The van der Waals surface area contributed by atoms with E-state index in [1.54, 1.807) is 0 Å². The van der Waals surface area contributed by atoms with Crippen LogP contribution in [-0.4, -0.2) is 56.7 Å². The molecule has 1 aromatic rings. The summed E-state index contributed by atoms with van der Waals surface area (Å²) in [6, 6.07) is 11.6. The molecular weight excluding hydrogens is 439 g/mol. The Bertz CT molecular complexity index is 522. The highest BCUT2D eigenvalue weighted by atomic mass is 127. The van der Waals surface area contributed by atoms with Crippen molar-refractivity contribution in [2.75, 3.05) is 33.8 Å². The van der Waals surface area contributed by atoms with Gasteiger partial charge < -0.3 is 15.4 Å². The normalized spacial score (nSPS) is 16.7. The van der Waals surface area contributed by atoms with Crippen LogP contribution in [0.3, 0.4) is 0 Å². The Hall–Kier alpha value is -0.860. The number of aliphatic imine (C=N–C) groups is 1. The quantitative estimate of drug-likeness (QED) is 0.311. The minimum atomic E-state index is 0. The number of nitrogens with one attached hydrogen (secondary N) is 2. The summed E-state index contributed by atoms with van der Waals surface area (Å²) in [5.74, 6) is 1.29. The van der Waals surface area contributed by atoms with Gasteiger partial charge >= 0.3 is 0 Å². The molecule has 1 saturated carbocycles. The third-order valence-corrected chi connectivity index (χ3v) is 4.74. The van der Waals surface area contributed by atoms with Crippen LogP contribution in [0.1, 0.15) is 32.3 Å². The highest BCUT2D eigenvalue weighted by Gasteiger charge is 2.28. The molecule has 2 atom stereocenters. The molecule has 0 aliphatic heterocycles. The average molecular weight is 474 g/mol. The van der Waals surface area contributed by atoms with Crippen LogP contribution in [0, 0.1) is 5.92 Å². The van der Waals surface area contributed by atoms with Gasteiger partial charge in [0.1, 0.15) is 0 Å². The van der Waals surface area contributed by atoms with E-state index in [4.69, 9.17) is 4.74 Å². The van der Waals surface area contributed by atoms with Gasteiger partial charge in [-0.05, 0) is 38.3 Å². The van der Waals surface area contributed by atoms with Crippen LogP contribution < -0.4 is 10.6 Å². The standard InChI is InChI=1S/C20H34N4O.HI/c1-16(14-25-15-18-8-6-5-7-9-18)12-22-20(21-3)23-13-17(2)24(4)19-10-11-19;/h5-9,16-17,19H,10-15H2,1-4H3,(H2,21,22,23);1H. The summed E-state index contributed by atoms with van der Waals surface area (Å²) in [4.78, 5) is 6.77. The number of likely N-dealkylation sites (N-methyl/N-ethyl adjacent to an activating group) is 1. The van der Waals surface area contributed by atoms with Crippen molar-refractivity contribution in [3.8, 4) is 0 Å². The SMILES string of the molecule is CN=C(NCC(C)COCc1ccccc1)NCC(C)N(C)C1CC1.I. The second-order valence-corrected chi connectivity index (χ2v) is 7.19. The second kappa shape index (κ2) is 12.5. The van der Waals surface area contributed by atoms with Gasteiger partial charge in [-0.1, -0.05) is 37.3 Å². The number of nitrogens with zero attached hydrogens (tertiary/aromatic N) is 2. The van der Waals surface area contributed by atoms with Crippen molar-refractivity contribution >= 4 is 29.9 Å². The lowest BCUT2D eigenvalue weighted by Crippen LogP contribution is -2.46. The summed E-state index contributed by atoms with van der Waals surface area (Å²) in [7, 11) is 4.04. The summed E-state index contributed by atoms with van der Waals surface area (Å²) >= 11 is 0. The molecule has 0 heterocycles. The molecule has 0 saturated heterocycles. The first-order valence-corrected chi connectivity index (χ1v) is 9.38. The minimum absolute atomic E-state index is 0. The van der Waals surface area contributed by atoms with Crippen LogP contribution in [0.2, 0.25) is 0 Å². The summed E-state index contributed by atoms with van der Waals surface area (Å²) in [5.41, 5.74) is 1.22. The molecule has 148 valence electrons. The van der Waals surface area contributed by atoms with Gasteiger partial charge in [-0.3, -0.25) is 9.89 Å². The molecule has 6 heteroatoms. The van der Waals surface area contributed by atoms with Crippen LogP contribution in [0.15, 0.2) is 35.3 Å². The van der Waals surface area contributed by atoms with Crippen molar-refractivity contribution < 1.29 is 4.74 Å². The highest BCUT2D eigenvalue weighted by Crippen LogP contribution is 2.26. The molecule has 1 aliphatic carbocycles. The van der Waals surface area contributed by atoms with Crippen LogP contribution in [0.5, 0.6) is 0 Å². The smallest absolute Gasteiger partial charge is 0.191 e.